The first-order valence-electron chi connectivity index (χ1n) is 8.48. The largest absolute Gasteiger partial charge is 0.396 e. The number of benzene rings is 1. The molecular formula is C19H25N5O. The van der Waals surface area contributed by atoms with E-state index in [2.05, 4.69) is 28.3 Å². The number of nitriles is 1. The lowest BCUT2D eigenvalue weighted by molar-refractivity contribution is 0.282. The fraction of sp³-hybridized carbons (Fsp3) is 0.421. The van der Waals surface area contributed by atoms with E-state index < -0.39 is 0 Å². The van der Waals surface area contributed by atoms with Gasteiger partial charge in [-0.05, 0) is 37.8 Å². The van der Waals surface area contributed by atoms with Crippen molar-refractivity contribution in [2.75, 3.05) is 17.7 Å². The van der Waals surface area contributed by atoms with E-state index in [1.54, 1.807) is 0 Å². The third-order valence-corrected chi connectivity index (χ3v) is 4.10. The van der Waals surface area contributed by atoms with E-state index in [0.29, 0.717) is 12.8 Å². The zero-order valence-corrected chi connectivity index (χ0v) is 14.8. The second-order valence-corrected chi connectivity index (χ2v) is 6.23. The number of nitrogen functional groups attached to an aromatic ring is 1. The molecule has 132 valence electrons. The molecule has 6 nitrogen and oxygen atoms in total. The lowest BCUT2D eigenvalue weighted by Gasteiger charge is -2.18. The molecule has 2 rings (SSSR count). The molecule has 1 atom stereocenters. The van der Waals surface area contributed by atoms with Gasteiger partial charge in [0.1, 0.15) is 5.82 Å². The maximum absolute atomic E-state index is 8.99. The second kappa shape index (κ2) is 9.00. The Labute approximate surface area is 148 Å². The fourth-order valence-electron chi connectivity index (χ4n) is 2.72. The minimum atomic E-state index is 0.178. The van der Waals surface area contributed by atoms with Crippen LogP contribution in [0.4, 0.5) is 11.8 Å². The number of nitrogens with zero attached hydrogens (tertiary/aromatic N) is 3. The fourth-order valence-corrected chi connectivity index (χ4v) is 2.72. The highest BCUT2D eigenvalue weighted by Crippen LogP contribution is 2.23. The van der Waals surface area contributed by atoms with Crippen LogP contribution in [-0.4, -0.2) is 27.7 Å². The van der Waals surface area contributed by atoms with Gasteiger partial charge in [-0.15, -0.1) is 0 Å². The molecule has 1 aromatic carbocycles. The first-order chi connectivity index (χ1) is 12.0. The first kappa shape index (κ1) is 18.7. The van der Waals surface area contributed by atoms with Gasteiger partial charge in [0, 0.05) is 30.3 Å². The molecule has 0 fully saturated rings. The molecule has 2 aromatic rings. The van der Waals surface area contributed by atoms with Crippen molar-refractivity contribution in [2.45, 2.75) is 45.6 Å². The Morgan fingerprint density at radius 3 is 2.56 bits per heavy atom. The van der Waals surface area contributed by atoms with Crippen LogP contribution >= 0.6 is 0 Å². The summed E-state index contributed by atoms with van der Waals surface area (Å²) in [6, 6.07) is 10.3. The Kier molecular flexibility index (Phi) is 6.72. The summed E-state index contributed by atoms with van der Waals surface area (Å²) in [6.07, 6.45) is 2.69. The van der Waals surface area contributed by atoms with Gasteiger partial charge in [-0.2, -0.15) is 10.2 Å². The molecule has 0 unspecified atom stereocenters. The van der Waals surface area contributed by atoms with Gasteiger partial charge in [0.15, 0.2) is 0 Å². The highest BCUT2D eigenvalue weighted by atomic mass is 16.2. The predicted molar refractivity (Wildman–Crippen MR) is 99.2 cm³/mol. The van der Waals surface area contributed by atoms with Crippen molar-refractivity contribution in [2.24, 2.45) is 0 Å². The van der Waals surface area contributed by atoms with Gasteiger partial charge in [0.05, 0.1) is 12.5 Å². The average Bonchev–Trinajstić information content (AvgIpc) is 2.58. The Bertz CT molecular complexity index is 737. The van der Waals surface area contributed by atoms with Crippen molar-refractivity contribution in [1.82, 2.24) is 9.97 Å². The summed E-state index contributed by atoms with van der Waals surface area (Å²) >= 11 is 0. The smallest absolute Gasteiger partial charge is 0.222 e. The van der Waals surface area contributed by atoms with Crippen molar-refractivity contribution in [3.05, 3.63) is 46.6 Å². The second-order valence-electron chi connectivity index (χ2n) is 6.23. The number of hydrogen-bond donors (Lipinski definition) is 3. The number of aryl methyl sites for hydroxylation is 1. The van der Waals surface area contributed by atoms with Gasteiger partial charge in [-0.3, -0.25) is 0 Å². The minimum Gasteiger partial charge on any atom is -0.396 e. The summed E-state index contributed by atoms with van der Waals surface area (Å²) in [5, 5.41) is 21.1. The Balaban J connectivity index is 2.22. The Hall–Kier alpha value is -2.65. The van der Waals surface area contributed by atoms with E-state index in [-0.39, 0.29) is 18.6 Å². The third kappa shape index (κ3) is 5.44. The van der Waals surface area contributed by atoms with Gasteiger partial charge in [-0.1, -0.05) is 24.3 Å². The summed E-state index contributed by atoms with van der Waals surface area (Å²) in [4.78, 5) is 8.67. The standard InChI is InChI=1S/C19H25N5O/c1-13(4-3-11-25)22-18-17(14(2)23-19(21)24-18)12-16-7-5-15(6-8-16)9-10-20/h5-8,13,25H,3-4,9,11-12H2,1-2H3,(H3,21,22,23,24)/t13-/m0/s1. The molecule has 1 heterocycles. The Morgan fingerprint density at radius 2 is 1.92 bits per heavy atom. The van der Waals surface area contributed by atoms with Gasteiger partial charge in [0.25, 0.3) is 0 Å². The van der Waals surface area contributed by atoms with Crippen LogP contribution in [0, 0.1) is 18.3 Å². The topological polar surface area (TPSA) is 108 Å². The lowest BCUT2D eigenvalue weighted by atomic mass is 10.0. The van der Waals surface area contributed by atoms with Crippen molar-refractivity contribution in [3.63, 3.8) is 0 Å². The van der Waals surface area contributed by atoms with E-state index in [1.165, 1.54) is 0 Å². The average molecular weight is 339 g/mol. The molecule has 0 radical (unpaired) electrons. The van der Waals surface area contributed by atoms with E-state index in [9.17, 15) is 0 Å². The summed E-state index contributed by atoms with van der Waals surface area (Å²) in [5.41, 5.74) is 9.82. The molecule has 4 N–H and O–H groups in total. The first-order valence-corrected chi connectivity index (χ1v) is 8.48. The zero-order valence-electron chi connectivity index (χ0n) is 14.8. The van der Waals surface area contributed by atoms with Gasteiger partial charge in [-0.25, -0.2) is 4.98 Å². The van der Waals surface area contributed by atoms with Crippen molar-refractivity contribution in [1.29, 1.82) is 5.26 Å². The maximum Gasteiger partial charge on any atom is 0.222 e. The number of nitrogens with one attached hydrogen (secondary N) is 1. The van der Waals surface area contributed by atoms with Crippen LogP contribution in [0.25, 0.3) is 0 Å². The summed E-state index contributed by atoms with van der Waals surface area (Å²) < 4.78 is 0. The Morgan fingerprint density at radius 1 is 1.24 bits per heavy atom. The molecule has 0 amide bonds. The van der Waals surface area contributed by atoms with Crippen molar-refractivity contribution >= 4 is 11.8 Å². The van der Waals surface area contributed by atoms with Crippen molar-refractivity contribution in [3.8, 4) is 6.07 Å². The molecule has 0 spiro atoms. The number of aliphatic hydroxyl groups is 1. The quantitative estimate of drug-likeness (QED) is 0.682. The number of hydrogen-bond acceptors (Lipinski definition) is 6. The highest BCUT2D eigenvalue weighted by Gasteiger charge is 2.13. The van der Waals surface area contributed by atoms with Gasteiger partial charge >= 0.3 is 0 Å². The molecule has 1 aromatic heterocycles. The lowest BCUT2D eigenvalue weighted by Crippen LogP contribution is -2.19. The number of anilines is 2. The SMILES string of the molecule is Cc1nc(N)nc(N[C@@H](C)CCCO)c1Cc1ccc(CC#N)cc1. The molecule has 6 heteroatoms. The number of rotatable bonds is 8. The van der Waals surface area contributed by atoms with E-state index in [1.807, 2.05) is 31.2 Å². The molecule has 25 heavy (non-hydrogen) atoms. The van der Waals surface area contributed by atoms with E-state index in [4.69, 9.17) is 16.1 Å². The molecule has 0 aliphatic heterocycles. The molecular weight excluding hydrogens is 314 g/mol. The van der Waals surface area contributed by atoms with Gasteiger partial charge in [0.2, 0.25) is 5.95 Å². The zero-order chi connectivity index (χ0) is 18.2. The highest BCUT2D eigenvalue weighted by molar-refractivity contribution is 5.52. The van der Waals surface area contributed by atoms with E-state index in [0.717, 1.165) is 41.0 Å². The number of aliphatic hydroxyl groups excluding tert-OH is 1. The van der Waals surface area contributed by atoms with Crippen LogP contribution in [0.5, 0.6) is 0 Å². The predicted octanol–water partition coefficient (Wildman–Crippen LogP) is 2.60. The third-order valence-electron chi connectivity index (χ3n) is 4.10. The number of nitrogens with two attached hydrogens (primary N) is 1. The summed E-state index contributed by atoms with van der Waals surface area (Å²) in [6.45, 7) is 4.17. The molecule has 0 saturated carbocycles. The van der Waals surface area contributed by atoms with Crippen molar-refractivity contribution < 1.29 is 5.11 Å². The maximum atomic E-state index is 8.99. The van der Waals surface area contributed by atoms with Crippen LogP contribution in [0.3, 0.4) is 0 Å². The van der Waals surface area contributed by atoms with E-state index >= 15 is 0 Å². The van der Waals surface area contributed by atoms with Crippen LogP contribution in [0.15, 0.2) is 24.3 Å². The summed E-state index contributed by atoms with van der Waals surface area (Å²) in [7, 11) is 0. The molecule has 0 aliphatic carbocycles. The molecule has 0 saturated heterocycles. The monoisotopic (exact) mass is 339 g/mol. The van der Waals surface area contributed by atoms with Crippen LogP contribution in [0.1, 0.15) is 42.1 Å². The van der Waals surface area contributed by atoms with Crippen LogP contribution < -0.4 is 11.1 Å². The van der Waals surface area contributed by atoms with Crippen LogP contribution in [-0.2, 0) is 12.8 Å². The molecule has 0 aliphatic rings. The summed E-state index contributed by atoms with van der Waals surface area (Å²) in [5.74, 6) is 0.999. The number of aromatic nitrogens is 2. The van der Waals surface area contributed by atoms with Gasteiger partial charge < -0.3 is 16.2 Å². The van der Waals surface area contributed by atoms with Crippen LogP contribution in [0.2, 0.25) is 0 Å². The molecule has 0 bridgehead atoms. The normalized spacial score (nSPS) is 11.8. The minimum absolute atomic E-state index is 0.178.